The summed E-state index contributed by atoms with van der Waals surface area (Å²) in [6.07, 6.45) is 2.66. The Hall–Kier alpha value is -1.06. The molecule has 0 aromatic heterocycles. The molecule has 3 nitrogen and oxygen atoms in total. The Bertz CT molecular complexity index is 336. The highest BCUT2D eigenvalue weighted by molar-refractivity contribution is 5.30. The van der Waals surface area contributed by atoms with Gasteiger partial charge in [-0.25, -0.2) is 0 Å². The molecule has 1 atom stereocenters. The predicted octanol–water partition coefficient (Wildman–Crippen LogP) is 1.71. The minimum absolute atomic E-state index is 0.357. The van der Waals surface area contributed by atoms with E-state index in [0.717, 1.165) is 18.3 Å². The van der Waals surface area contributed by atoms with Crippen LogP contribution in [0.15, 0.2) is 24.3 Å². The van der Waals surface area contributed by atoms with Crippen molar-refractivity contribution in [3.63, 3.8) is 0 Å². The van der Waals surface area contributed by atoms with E-state index in [9.17, 15) is 0 Å². The van der Waals surface area contributed by atoms with Gasteiger partial charge in [-0.3, -0.25) is 0 Å². The SMILES string of the molecule is CNC(CNC1CC1)c1cccc(OC)c1. The molecular weight excluding hydrogens is 200 g/mol. The minimum atomic E-state index is 0.357. The van der Waals surface area contributed by atoms with Gasteiger partial charge in [-0.15, -0.1) is 0 Å². The van der Waals surface area contributed by atoms with E-state index < -0.39 is 0 Å². The molecule has 1 saturated carbocycles. The summed E-state index contributed by atoms with van der Waals surface area (Å²) < 4.78 is 5.24. The van der Waals surface area contributed by atoms with Crippen LogP contribution in [0.1, 0.15) is 24.4 Å². The van der Waals surface area contributed by atoms with Crippen LogP contribution < -0.4 is 15.4 Å². The molecule has 0 bridgehead atoms. The van der Waals surface area contributed by atoms with Gasteiger partial charge in [0.05, 0.1) is 7.11 Å². The Labute approximate surface area is 97.2 Å². The summed E-state index contributed by atoms with van der Waals surface area (Å²) in [6.45, 7) is 0.980. The van der Waals surface area contributed by atoms with Crippen molar-refractivity contribution in [2.75, 3.05) is 20.7 Å². The van der Waals surface area contributed by atoms with Crippen molar-refractivity contribution in [1.82, 2.24) is 10.6 Å². The highest BCUT2D eigenvalue weighted by Gasteiger charge is 2.21. The average molecular weight is 220 g/mol. The summed E-state index contributed by atoms with van der Waals surface area (Å²) in [6, 6.07) is 9.35. The number of rotatable bonds is 6. The molecule has 88 valence electrons. The summed E-state index contributed by atoms with van der Waals surface area (Å²) >= 11 is 0. The number of hydrogen-bond acceptors (Lipinski definition) is 3. The maximum atomic E-state index is 5.24. The van der Waals surface area contributed by atoms with Crippen molar-refractivity contribution in [2.24, 2.45) is 0 Å². The van der Waals surface area contributed by atoms with Gasteiger partial charge in [0.1, 0.15) is 5.75 Å². The Morgan fingerprint density at radius 1 is 1.44 bits per heavy atom. The molecule has 16 heavy (non-hydrogen) atoms. The molecule has 1 fully saturated rings. The normalized spacial score (nSPS) is 17.1. The van der Waals surface area contributed by atoms with Gasteiger partial charge in [0.2, 0.25) is 0 Å². The zero-order valence-electron chi connectivity index (χ0n) is 9.99. The molecular formula is C13H20N2O. The van der Waals surface area contributed by atoms with Crippen molar-refractivity contribution >= 4 is 0 Å². The third-order valence-corrected chi connectivity index (χ3v) is 3.03. The lowest BCUT2D eigenvalue weighted by molar-refractivity contribution is 0.413. The van der Waals surface area contributed by atoms with Gasteiger partial charge in [-0.1, -0.05) is 12.1 Å². The first-order valence-electron chi connectivity index (χ1n) is 5.88. The van der Waals surface area contributed by atoms with Crippen molar-refractivity contribution in [3.05, 3.63) is 29.8 Å². The highest BCUT2D eigenvalue weighted by atomic mass is 16.5. The van der Waals surface area contributed by atoms with Gasteiger partial charge >= 0.3 is 0 Å². The smallest absolute Gasteiger partial charge is 0.119 e. The largest absolute Gasteiger partial charge is 0.497 e. The van der Waals surface area contributed by atoms with E-state index in [2.05, 4.69) is 22.8 Å². The van der Waals surface area contributed by atoms with Crippen LogP contribution in [0, 0.1) is 0 Å². The molecule has 2 rings (SSSR count). The third kappa shape index (κ3) is 2.97. The second-order valence-corrected chi connectivity index (χ2v) is 4.30. The summed E-state index contributed by atoms with van der Waals surface area (Å²) in [7, 11) is 3.70. The van der Waals surface area contributed by atoms with E-state index in [1.165, 1.54) is 18.4 Å². The molecule has 2 N–H and O–H groups in total. The molecule has 1 unspecified atom stereocenters. The summed E-state index contributed by atoms with van der Waals surface area (Å²) in [5.74, 6) is 0.921. The van der Waals surface area contributed by atoms with Gasteiger partial charge < -0.3 is 15.4 Å². The molecule has 0 saturated heterocycles. The van der Waals surface area contributed by atoms with Crippen molar-refractivity contribution in [1.29, 1.82) is 0 Å². The van der Waals surface area contributed by atoms with Crippen LogP contribution in [-0.2, 0) is 0 Å². The lowest BCUT2D eigenvalue weighted by Gasteiger charge is -2.17. The molecule has 0 radical (unpaired) electrons. The predicted molar refractivity (Wildman–Crippen MR) is 65.8 cm³/mol. The highest BCUT2D eigenvalue weighted by Crippen LogP contribution is 2.22. The number of nitrogens with one attached hydrogen (secondary N) is 2. The minimum Gasteiger partial charge on any atom is -0.497 e. The average Bonchev–Trinajstić information content (AvgIpc) is 3.14. The first-order chi connectivity index (χ1) is 7.83. The Morgan fingerprint density at radius 2 is 2.25 bits per heavy atom. The van der Waals surface area contributed by atoms with Crippen LogP contribution in [0.2, 0.25) is 0 Å². The van der Waals surface area contributed by atoms with Crippen molar-refractivity contribution in [3.8, 4) is 5.75 Å². The van der Waals surface area contributed by atoms with Crippen LogP contribution in [0.4, 0.5) is 0 Å². The van der Waals surface area contributed by atoms with E-state index >= 15 is 0 Å². The van der Waals surface area contributed by atoms with Crippen LogP contribution in [-0.4, -0.2) is 26.7 Å². The van der Waals surface area contributed by atoms with Gasteiger partial charge in [-0.05, 0) is 37.6 Å². The van der Waals surface area contributed by atoms with E-state index in [4.69, 9.17) is 4.74 Å². The molecule has 1 aromatic rings. The number of benzene rings is 1. The van der Waals surface area contributed by atoms with Crippen molar-refractivity contribution < 1.29 is 4.74 Å². The van der Waals surface area contributed by atoms with Crippen LogP contribution in [0.5, 0.6) is 5.75 Å². The first-order valence-corrected chi connectivity index (χ1v) is 5.88. The first kappa shape index (κ1) is 11.4. The third-order valence-electron chi connectivity index (χ3n) is 3.03. The monoisotopic (exact) mass is 220 g/mol. The van der Waals surface area contributed by atoms with Crippen molar-refractivity contribution in [2.45, 2.75) is 24.9 Å². The van der Waals surface area contributed by atoms with E-state index in [1.54, 1.807) is 7.11 Å². The lowest BCUT2D eigenvalue weighted by atomic mass is 10.1. The molecule has 3 heteroatoms. The van der Waals surface area contributed by atoms with Gasteiger partial charge in [0.25, 0.3) is 0 Å². The standard InChI is InChI=1S/C13H20N2O/c1-14-13(9-15-11-6-7-11)10-4-3-5-12(8-10)16-2/h3-5,8,11,13-15H,6-7,9H2,1-2H3. The molecule has 1 aliphatic carbocycles. The Balaban J connectivity index is 1.99. The maximum absolute atomic E-state index is 5.24. The number of methoxy groups -OCH3 is 1. The van der Waals surface area contributed by atoms with E-state index in [1.807, 2.05) is 19.2 Å². The topological polar surface area (TPSA) is 33.3 Å². The molecule has 1 aliphatic rings. The molecule has 0 heterocycles. The molecule has 0 spiro atoms. The van der Waals surface area contributed by atoms with E-state index in [-0.39, 0.29) is 0 Å². The van der Waals surface area contributed by atoms with Crippen LogP contribution in [0.3, 0.4) is 0 Å². The second kappa shape index (κ2) is 5.32. The molecule has 0 amide bonds. The summed E-state index contributed by atoms with van der Waals surface area (Å²) in [5.41, 5.74) is 1.27. The summed E-state index contributed by atoms with van der Waals surface area (Å²) in [5, 5.41) is 6.87. The fourth-order valence-electron chi connectivity index (χ4n) is 1.82. The van der Waals surface area contributed by atoms with E-state index in [0.29, 0.717) is 6.04 Å². The van der Waals surface area contributed by atoms with Crippen LogP contribution >= 0.6 is 0 Å². The Morgan fingerprint density at radius 3 is 2.88 bits per heavy atom. The number of likely N-dealkylation sites (N-methyl/N-ethyl adjacent to an activating group) is 1. The number of hydrogen-bond donors (Lipinski definition) is 2. The van der Waals surface area contributed by atoms with Gasteiger partial charge in [0.15, 0.2) is 0 Å². The Kier molecular flexibility index (Phi) is 3.80. The van der Waals surface area contributed by atoms with Gasteiger partial charge in [-0.2, -0.15) is 0 Å². The molecule has 0 aliphatic heterocycles. The zero-order chi connectivity index (χ0) is 11.4. The van der Waals surface area contributed by atoms with Gasteiger partial charge in [0, 0.05) is 18.6 Å². The lowest BCUT2D eigenvalue weighted by Crippen LogP contribution is -2.30. The van der Waals surface area contributed by atoms with Crippen LogP contribution in [0.25, 0.3) is 0 Å². The fourth-order valence-corrected chi connectivity index (χ4v) is 1.82. The molecule has 1 aromatic carbocycles. The number of ether oxygens (including phenoxy) is 1. The maximum Gasteiger partial charge on any atom is 0.119 e. The fraction of sp³-hybridized carbons (Fsp3) is 0.538. The second-order valence-electron chi connectivity index (χ2n) is 4.30. The summed E-state index contributed by atoms with van der Waals surface area (Å²) in [4.78, 5) is 0. The zero-order valence-corrected chi connectivity index (χ0v) is 9.99. The quantitative estimate of drug-likeness (QED) is 0.765.